The van der Waals surface area contributed by atoms with Gasteiger partial charge in [-0.3, -0.25) is 28.3 Å². The maximum atomic E-state index is 16.2. The highest BCUT2D eigenvalue weighted by Gasteiger charge is 2.31. The molecule has 0 aliphatic heterocycles. The molecule has 6 aromatic carbocycles. The molecule has 0 aliphatic rings. The van der Waals surface area contributed by atoms with Gasteiger partial charge in [0.15, 0.2) is 0 Å². The summed E-state index contributed by atoms with van der Waals surface area (Å²) in [6.07, 6.45) is 38.0. The van der Waals surface area contributed by atoms with E-state index < -0.39 is 0 Å². The van der Waals surface area contributed by atoms with Crippen LogP contribution in [-0.2, 0) is 13.1 Å². The molecule has 0 N–H and O–H groups in total. The second-order valence-electron chi connectivity index (χ2n) is 25.1. The molecule has 84 heavy (non-hydrogen) atoms. The van der Waals surface area contributed by atoms with Crippen molar-refractivity contribution in [2.75, 3.05) is 0 Å². The molecular formula is C74H94N2O4S4. The SMILES string of the molecule is CCCCCCCCCCC(CCCCCCCC)Cn1c(=O)c2c3sc4cc5ccccc5cc4sc3c3c(=O)n(CC(CCCCCCCC)CCCCCCCCCC)c(=O)c4c5sc6cc7ccccc7cc6sc5c(c1=O)c2c34. The molecule has 0 fully saturated rings. The minimum Gasteiger partial charge on any atom is -0.274 e. The number of aromatic nitrogens is 2. The van der Waals surface area contributed by atoms with Gasteiger partial charge in [-0.25, -0.2) is 0 Å². The first kappa shape index (κ1) is 62.3. The maximum absolute atomic E-state index is 16.2. The van der Waals surface area contributed by atoms with Crippen molar-refractivity contribution in [3.8, 4) is 0 Å². The number of pyridine rings is 2. The molecule has 10 rings (SSSR count). The summed E-state index contributed by atoms with van der Waals surface area (Å²) in [6.45, 7) is 9.79. The molecule has 448 valence electrons. The summed E-state index contributed by atoms with van der Waals surface area (Å²) in [5.41, 5.74) is -1.13. The van der Waals surface area contributed by atoms with Crippen LogP contribution in [0.1, 0.15) is 233 Å². The van der Waals surface area contributed by atoms with Crippen molar-refractivity contribution in [2.45, 2.75) is 246 Å². The molecule has 4 heterocycles. The highest BCUT2D eigenvalue weighted by atomic mass is 32.1. The fraction of sp³-hybridized carbons (Fsp3) is 0.541. The predicted octanol–water partition coefficient (Wildman–Crippen LogP) is 23.2. The van der Waals surface area contributed by atoms with E-state index in [1.807, 2.05) is 0 Å². The van der Waals surface area contributed by atoms with Crippen molar-refractivity contribution in [1.82, 2.24) is 9.13 Å². The van der Waals surface area contributed by atoms with Crippen molar-refractivity contribution in [3.05, 3.63) is 114 Å². The molecule has 10 aromatic rings. The van der Waals surface area contributed by atoms with E-state index in [1.165, 1.54) is 128 Å². The van der Waals surface area contributed by atoms with Gasteiger partial charge < -0.3 is 0 Å². The van der Waals surface area contributed by atoms with Gasteiger partial charge in [-0.2, -0.15) is 0 Å². The van der Waals surface area contributed by atoms with Gasteiger partial charge in [0, 0.05) is 42.7 Å². The third-order valence-electron chi connectivity index (χ3n) is 18.6. The van der Waals surface area contributed by atoms with E-state index in [0.717, 1.165) is 136 Å². The Labute approximate surface area is 514 Å². The van der Waals surface area contributed by atoms with Gasteiger partial charge in [0.25, 0.3) is 22.2 Å². The van der Waals surface area contributed by atoms with E-state index in [9.17, 15) is 0 Å². The summed E-state index contributed by atoms with van der Waals surface area (Å²) < 4.78 is 10.4. The van der Waals surface area contributed by atoms with Gasteiger partial charge in [-0.05, 0) is 83.3 Å². The Morgan fingerprint density at radius 1 is 0.298 bits per heavy atom. The molecule has 0 radical (unpaired) electrons. The third kappa shape index (κ3) is 14.3. The number of rotatable bonds is 36. The Hall–Kier alpha value is -4.74. The zero-order valence-corrected chi connectivity index (χ0v) is 54.6. The van der Waals surface area contributed by atoms with E-state index in [-0.39, 0.29) is 34.1 Å². The van der Waals surface area contributed by atoms with E-state index in [0.29, 0.717) is 45.4 Å². The van der Waals surface area contributed by atoms with E-state index in [2.05, 4.69) is 100 Å². The Morgan fingerprint density at radius 3 is 0.738 bits per heavy atom. The van der Waals surface area contributed by atoms with Gasteiger partial charge in [-0.15, -0.1) is 45.3 Å². The number of hydrogen-bond acceptors (Lipinski definition) is 8. The summed E-state index contributed by atoms with van der Waals surface area (Å²) >= 11 is 6.32. The summed E-state index contributed by atoms with van der Waals surface area (Å²) in [4.78, 5) is 64.8. The van der Waals surface area contributed by atoms with Crippen LogP contribution in [0.5, 0.6) is 0 Å². The van der Waals surface area contributed by atoms with Gasteiger partial charge in [0.05, 0.1) is 40.3 Å². The maximum Gasteiger partial charge on any atom is 0.262 e. The summed E-state index contributed by atoms with van der Waals surface area (Å²) in [5.74, 6) is 0.334. The minimum absolute atomic E-state index is 0.167. The standard InChI is InChI=1S/C74H94N2O4S4/c1-5-9-13-17-21-23-27-31-39-51(37-29-25-19-15-11-7-3)49-75-71(77)63-61-62-65(69-67(63)81-57-45-53-41-33-35-43-55(53)47-59(57)83-69)73(79)76(50-52(38-30-26-20-16-12-8-4)40-32-28-24-22-18-14-10-6-2)74(80)66(62)70-68(64(61)72(75)78)82-58-46-54-42-34-36-44-56(54)48-60(58)84-70/h33-36,41-48,51-52H,5-32,37-40,49-50H2,1-4H3. The molecule has 0 spiro atoms. The van der Waals surface area contributed by atoms with Crippen LogP contribution in [0, 0.1) is 11.8 Å². The van der Waals surface area contributed by atoms with Gasteiger partial charge in [-0.1, -0.05) is 256 Å². The molecule has 4 aromatic heterocycles. The molecule has 0 bridgehead atoms. The smallest absolute Gasteiger partial charge is 0.262 e. The van der Waals surface area contributed by atoms with Crippen LogP contribution >= 0.6 is 45.3 Å². The lowest BCUT2D eigenvalue weighted by atomic mass is 9.92. The van der Waals surface area contributed by atoms with Crippen molar-refractivity contribution in [2.24, 2.45) is 11.8 Å². The van der Waals surface area contributed by atoms with E-state index >= 15 is 19.2 Å². The fourth-order valence-electron chi connectivity index (χ4n) is 13.8. The number of benzene rings is 6. The molecular weight excluding hydrogens is 1110 g/mol. The molecule has 10 heteroatoms. The molecule has 6 nitrogen and oxygen atoms in total. The largest absolute Gasteiger partial charge is 0.274 e. The van der Waals surface area contributed by atoms with Crippen LogP contribution in [0.4, 0.5) is 0 Å². The lowest BCUT2D eigenvalue weighted by molar-refractivity contribution is 0.350. The summed E-state index contributed by atoms with van der Waals surface area (Å²) in [7, 11) is 0. The van der Waals surface area contributed by atoms with Crippen LogP contribution in [0.2, 0.25) is 0 Å². The van der Waals surface area contributed by atoms with E-state index in [1.54, 1.807) is 54.5 Å². The monoisotopic (exact) mass is 1200 g/mol. The van der Waals surface area contributed by atoms with Gasteiger partial charge in [0.1, 0.15) is 0 Å². The Bertz CT molecular complexity index is 3610. The highest BCUT2D eigenvalue weighted by Crippen LogP contribution is 2.49. The number of fused-ring (bicyclic) bond motifs is 10. The zero-order chi connectivity index (χ0) is 58.4. The summed E-state index contributed by atoms with van der Waals surface area (Å²) in [5, 5.41) is 7.44. The Kier molecular flexibility index (Phi) is 22.8. The van der Waals surface area contributed by atoms with Gasteiger partial charge >= 0.3 is 0 Å². The highest BCUT2D eigenvalue weighted by molar-refractivity contribution is 7.38. The molecule has 2 atom stereocenters. The second-order valence-corrected chi connectivity index (χ2v) is 29.3. The minimum atomic E-state index is -0.283. The molecule has 0 saturated heterocycles. The lowest BCUT2D eigenvalue weighted by Crippen LogP contribution is -2.38. The van der Waals surface area contributed by atoms with Crippen LogP contribution < -0.4 is 22.2 Å². The number of unbranched alkanes of at least 4 members (excludes halogenated alkanes) is 24. The molecule has 0 aliphatic carbocycles. The molecule has 2 unspecified atom stereocenters. The third-order valence-corrected chi connectivity index (χ3v) is 23.8. The van der Waals surface area contributed by atoms with Crippen LogP contribution in [0.15, 0.2) is 92.0 Å². The van der Waals surface area contributed by atoms with Gasteiger partial charge in [0.2, 0.25) is 0 Å². The van der Waals surface area contributed by atoms with Crippen molar-refractivity contribution in [3.63, 3.8) is 0 Å². The first-order valence-corrected chi connectivity index (χ1v) is 36.7. The van der Waals surface area contributed by atoms with Crippen molar-refractivity contribution < 1.29 is 0 Å². The van der Waals surface area contributed by atoms with Crippen LogP contribution in [0.25, 0.3) is 91.5 Å². The summed E-state index contributed by atoms with van der Waals surface area (Å²) in [6, 6.07) is 25.8. The topological polar surface area (TPSA) is 78.1 Å². The van der Waals surface area contributed by atoms with Crippen LogP contribution in [-0.4, -0.2) is 9.13 Å². The molecule has 0 amide bonds. The van der Waals surface area contributed by atoms with Crippen LogP contribution in [0.3, 0.4) is 0 Å². The lowest BCUT2D eigenvalue weighted by Gasteiger charge is -2.22. The quantitative estimate of drug-likeness (QED) is 0.0223. The average Bonchev–Trinajstić information content (AvgIpc) is 0.751. The number of hydrogen-bond donors (Lipinski definition) is 0. The second kappa shape index (κ2) is 30.7. The average molecular weight is 1200 g/mol. The normalized spacial score (nSPS) is 13.0. The Morgan fingerprint density at radius 2 is 0.512 bits per heavy atom. The number of nitrogens with zero attached hydrogens (tertiary/aromatic N) is 2. The first-order valence-electron chi connectivity index (χ1n) is 33.5. The molecule has 0 saturated carbocycles. The first-order chi connectivity index (χ1) is 41.2. The van der Waals surface area contributed by atoms with E-state index in [4.69, 9.17) is 0 Å². The fourth-order valence-corrected chi connectivity index (χ4v) is 19.0. The van der Waals surface area contributed by atoms with Crippen molar-refractivity contribution in [1.29, 1.82) is 0 Å². The van der Waals surface area contributed by atoms with Crippen molar-refractivity contribution >= 4 is 137 Å². The predicted molar refractivity (Wildman–Crippen MR) is 374 cm³/mol. The Balaban J connectivity index is 1.20. The zero-order valence-electron chi connectivity index (χ0n) is 51.3.